The number of carbonyl (C=O) groups excluding carboxylic acids is 1. The van der Waals surface area contributed by atoms with Crippen LogP contribution in [-0.2, 0) is 4.79 Å². The first-order valence-electron chi connectivity index (χ1n) is 4.18. The molecule has 5 heteroatoms. The van der Waals surface area contributed by atoms with Crippen LogP contribution in [0.25, 0.3) is 10.2 Å². The predicted molar refractivity (Wildman–Crippen MR) is 63.5 cm³/mol. The summed E-state index contributed by atoms with van der Waals surface area (Å²) in [6.07, 6.45) is 1.21. The Bertz CT molecular complexity index is 535. The third-order valence-corrected chi connectivity index (χ3v) is 2.93. The van der Waals surface area contributed by atoms with Gasteiger partial charge in [-0.1, -0.05) is 29.5 Å². The number of hydrogen-bond donors (Lipinski definition) is 1. The van der Waals surface area contributed by atoms with Gasteiger partial charge in [-0.15, -0.1) is 0 Å². The smallest absolute Gasteiger partial charge is 0.249 e. The van der Waals surface area contributed by atoms with Crippen LogP contribution in [0.2, 0.25) is 5.02 Å². The van der Waals surface area contributed by atoms with Crippen molar-refractivity contribution in [2.45, 2.75) is 0 Å². The fraction of sp³-hybridized carbons (Fsp3) is 0. The van der Waals surface area contributed by atoms with Gasteiger partial charge in [0, 0.05) is 5.02 Å². The first-order valence-corrected chi connectivity index (χ1v) is 5.38. The monoisotopic (exact) mass is 238 g/mol. The Morgan fingerprint density at radius 2 is 2.40 bits per heavy atom. The van der Waals surface area contributed by atoms with E-state index in [-0.39, 0.29) is 5.91 Å². The molecule has 0 spiro atoms. The number of carbonyl (C=O) groups is 1. The maximum Gasteiger partial charge on any atom is 0.249 e. The van der Waals surface area contributed by atoms with Crippen molar-refractivity contribution >= 4 is 44.2 Å². The zero-order chi connectivity index (χ0) is 10.8. The van der Waals surface area contributed by atoms with Crippen molar-refractivity contribution in [3.63, 3.8) is 0 Å². The molecule has 0 saturated heterocycles. The summed E-state index contributed by atoms with van der Waals surface area (Å²) in [6, 6.07) is 5.40. The van der Waals surface area contributed by atoms with Crippen molar-refractivity contribution < 1.29 is 4.79 Å². The Balaban J connectivity index is 2.38. The average Bonchev–Trinajstić information content (AvgIpc) is 2.59. The van der Waals surface area contributed by atoms with Crippen molar-refractivity contribution in [3.8, 4) is 0 Å². The van der Waals surface area contributed by atoms with Crippen LogP contribution < -0.4 is 5.32 Å². The molecule has 76 valence electrons. The molecule has 1 amide bonds. The number of fused-ring (bicyclic) bond motifs is 1. The lowest BCUT2D eigenvalue weighted by Gasteiger charge is -1.92. The third-order valence-electron chi connectivity index (χ3n) is 1.77. The number of nitrogens with one attached hydrogen (secondary N) is 1. The Labute approximate surface area is 95.4 Å². The molecule has 2 rings (SSSR count). The maximum absolute atomic E-state index is 11.0. The molecule has 3 nitrogen and oxygen atoms in total. The zero-order valence-corrected chi connectivity index (χ0v) is 9.23. The molecule has 0 unspecified atom stereocenters. The van der Waals surface area contributed by atoms with Crippen LogP contribution in [0.5, 0.6) is 0 Å². The Kier molecular flexibility index (Phi) is 2.70. The summed E-state index contributed by atoms with van der Waals surface area (Å²) in [6.45, 7) is 3.37. The van der Waals surface area contributed by atoms with Gasteiger partial charge >= 0.3 is 0 Å². The van der Waals surface area contributed by atoms with E-state index in [0.29, 0.717) is 10.2 Å². The molecular weight excluding hydrogens is 232 g/mol. The molecule has 1 N–H and O–H groups in total. The lowest BCUT2D eigenvalue weighted by molar-refractivity contribution is -0.111. The van der Waals surface area contributed by atoms with Gasteiger partial charge in [-0.25, -0.2) is 4.98 Å². The highest BCUT2D eigenvalue weighted by molar-refractivity contribution is 7.22. The molecule has 0 fully saturated rings. The fourth-order valence-electron chi connectivity index (χ4n) is 1.11. The van der Waals surface area contributed by atoms with Crippen molar-refractivity contribution in [3.05, 3.63) is 35.9 Å². The molecule has 1 aromatic carbocycles. The molecule has 0 aliphatic heterocycles. The van der Waals surface area contributed by atoms with Crippen LogP contribution in [0.15, 0.2) is 30.9 Å². The molecule has 1 heterocycles. The SMILES string of the molecule is C=CC(=O)Nc1nc2ccc(Cl)cc2s1. The largest absolute Gasteiger partial charge is 0.298 e. The first-order chi connectivity index (χ1) is 7.19. The summed E-state index contributed by atoms with van der Waals surface area (Å²) < 4.78 is 0.946. The molecule has 2 aromatic rings. The summed E-state index contributed by atoms with van der Waals surface area (Å²) in [4.78, 5) is 15.3. The van der Waals surface area contributed by atoms with Crippen LogP contribution in [0.3, 0.4) is 0 Å². The molecule has 0 saturated carbocycles. The lowest BCUT2D eigenvalue weighted by Crippen LogP contribution is -2.06. The van der Waals surface area contributed by atoms with Crippen molar-refractivity contribution in [2.75, 3.05) is 5.32 Å². The number of aromatic nitrogens is 1. The number of halogens is 1. The number of rotatable bonds is 2. The number of hydrogen-bond acceptors (Lipinski definition) is 3. The minimum atomic E-state index is -0.264. The van der Waals surface area contributed by atoms with Crippen molar-refractivity contribution in [1.82, 2.24) is 4.98 Å². The highest BCUT2D eigenvalue weighted by atomic mass is 35.5. The fourth-order valence-corrected chi connectivity index (χ4v) is 2.25. The van der Waals surface area contributed by atoms with Crippen LogP contribution in [-0.4, -0.2) is 10.9 Å². The average molecular weight is 239 g/mol. The summed E-state index contributed by atoms with van der Waals surface area (Å²) in [5, 5.41) is 3.82. The van der Waals surface area contributed by atoms with Crippen LogP contribution in [0.4, 0.5) is 5.13 Å². The van der Waals surface area contributed by atoms with Gasteiger partial charge in [0.15, 0.2) is 5.13 Å². The zero-order valence-electron chi connectivity index (χ0n) is 7.66. The number of amides is 1. The summed E-state index contributed by atoms with van der Waals surface area (Å²) >= 11 is 7.22. The lowest BCUT2D eigenvalue weighted by atomic mass is 10.3. The van der Waals surface area contributed by atoms with Gasteiger partial charge in [0.2, 0.25) is 5.91 Å². The van der Waals surface area contributed by atoms with Gasteiger partial charge in [0.1, 0.15) is 0 Å². The van der Waals surface area contributed by atoms with Gasteiger partial charge in [0.05, 0.1) is 10.2 Å². The highest BCUT2D eigenvalue weighted by Gasteiger charge is 2.05. The predicted octanol–water partition coefficient (Wildman–Crippen LogP) is 3.07. The molecular formula is C10H7ClN2OS. The van der Waals surface area contributed by atoms with Gasteiger partial charge in [-0.3, -0.25) is 10.1 Å². The number of anilines is 1. The Hall–Kier alpha value is -1.39. The normalized spacial score (nSPS) is 10.2. The van der Waals surface area contributed by atoms with E-state index in [1.807, 2.05) is 12.1 Å². The number of nitrogens with zero attached hydrogens (tertiary/aromatic N) is 1. The van der Waals surface area contributed by atoms with E-state index in [2.05, 4.69) is 16.9 Å². The minimum Gasteiger partial charge on any atom is -0.298 e. The summed E-state index contributed by atoms with van der Waals surface area (Å²) in [5.74, 6) is -0.264. The molecule has 0 atom stereocenters. The van der Waals surface area contributed by atoms with Crippen molar-refractivity contribution in [1.29, 1.82) is 0 Å². The molecule has 1 aromatic heterocycles. The third kappa shape index (κ3) is 2.16. The second kappa shape index (κ2) is 4.00. The molecule has 0 aliphatic carbocycles. The van der Waals surface area contributed by atoms with Gasteiger partial charge < -0.3 is 0 Å². The highest BCUT2D eigenvalue weighted by Crippen LogP contribution is 2.28. The minimum absolute atomic E-state index is 0.264. The van der Waals surface area contributed by atoms with E-state index in [0.717, 1.165) is 10.2 Å². The second-order valence-corrected chi connectivity index (χ2v) is 4.29. The van der Waals surface area contributed by atoms with E-state index in [4.69, 9.17) is 11.6 Å². The Morgan fingerprint density at radius 1 is 1.60 bits per heavy atom. The second-order valence-electron chi connectivity index (χ2n) is 2.82. The van der Waals surface area contributed by atoms with Gasteiger partial charge in [-0.05, 0) is 24.3 Å². The maximum atomic E-state index is 11.0. The quantitative estimate of drug-likeness (QED) is 0.817. The Morgan fingerprint density at radius 3 is 3.13 bits per heavy atom. The molecule has 15 heavy (non-hydrogen) atoms. The van der Waals surface area contributed by atoms with Crippen LogP contribution in [0.1, 0.15) is 0 Å². The van der Waals surface area contributed by atoms with Gasteiger partial charge in [-0.2, -0.15) is 0 Å². The number of thiazole rings is 1. The van der Waals surface area contributed by atoms with Crippen molar-refractivity contribution in [2.24, 2.45) is 0 Å². The molecule has 0 aliphatic rings. The molecule has 0 bridgehead atoms. The summed E-state index contributed by atoms with van der Waals surface area (Å²) in [7, 11) is 0. The standard InChI is InChI=1S/C10H7ClN2OS/c1-2-9(14)13-10-12-7-4-3-6(11)5-8(7)15-10/h2-5H,1H2,(H,12,13,14). The molecule has 0 radical (unpaired) electrons. The van der Waals surface area contributed by atoms with E-state index < -0.39 is 0 Å². The summed E-state index contributed by atoms with van der Waals surface area (Å²) in [5.41, 5.74) is 0.823. The van der Waals surface area contributed by atoms with Crippen LogP contribution in [0, 0.1) is 0 Å². The van der Waals surface area contributed by atoms with Gasteiger partial charge in [0.25, 0.3) is 0 Å². The topological polar surface area (TPSA) is 42.0 Å². The van der Waals surface area contributed by atoms with E-state index >= 15 is 0 Å². The van der Waals surface area contributed by atoms with E-state index in [1.165, 1.54) is 17.4 Å². The van der Waals surface area contributed by atoms with E-state index in [1.54, 1.807) is 6.07 Å². The first kappa shape index (κ1) is 10.1. The van der Waals surface area contributed by atoms with E-state index in [9.17, 15) is 4.79 Å². The number of benzene rings is 1. The van der Waals surface area contributed by atoms with Crippen LogP contribution >= 0.6 is 22.9 Å².